The van der Waals surface area contributed by atoms with Crippen molar-refractivity contribution in [2.24, 2.45) is 0 Å². The van der Waals surface area contributed by atoms with Crippen LogP contribution in [0.3, 0.4) is 0 Å². The molecule has 2 heterocycles. The van der Waals surface area contributed by atoms with E-state index in [4.69, 9.17) is 4.74 Å². The van der Waals surface area contributed by atoms with Gasteiger partial charge in [0.1, 0.15) is 12.1 Å². The van der Waals surface area contributed by atoms with Gasteiger partial charge in [-0.05, 0) is 31.3 Å². The Morgan fingerprint density at radius 3 is 2.82 bits per heavy atom. The van der Waals surface area contributed by atoms with Crippen LogP contribution in [0.5, 0.6) is 0 Å². The summed E-state index contributed by atoms with van der Waals surface area (Å²) in [4.78, 5) is 8.29. The van der Waals surface area contributed by atoms with Gasteiger partial charge in [0, 0.05) is 25.4 Å². The molecule has 17 heavy (non-hydrogen) atoms. The number of nitrogens with zero attached hydrogens (tertiary/aromatic N) is 2. The lowest BCUT2D eigenvalue weighted by molar-refractivity contribution is -0.00554. The molecule has 1 aromatic heterocycles. The van der Waals surface area contributed by atoms with Crippen molar-refractivity contribution in [3.63, 3.8) is 0 Å². The molecule has 0 unspecified atom stereocenters. The molecule has 94 valence electrons. The molecule has 4 nitrogen and oxygen atoms in total. The molecule has 1 aromatic rings. The lowest BCUT2D eigenvalue weighted by Crippen LogP contribution is -2.42. The van der Waals surface area contributed by atoms with E-state index in [0.717, 1.165) is 30.9 Å². The second-order valence-corrected chi connectivity index (χ2v) is 5.62. The quantitative estimate of drug-likeness (QED) is 0.890. The van der Waals surface area contributed by atoms with Gasteiger partial charge in [0.2, 0.25) is 0 Å². The molecule has 5 heteroatoms. The fourth-order valence-electron chi connectivity index (χ4n) is 2.00. The minimum absolute atomic E-state index is 0.0237. The Kier molecular flexibility index (Phi) is 4.23. The van der Waals surface area contributed by atoms with Gasteiger partial charge in [0.05, 0.1) is 5.60 Å². The van der Waals surface area contributed by atoms with E-state index in [2.05, 4.69) is 15.3 Å². The number of hydrogen-bond acceptors (Lipinski definition) is 5. The van der Waals surface area contributed by atoms with Crippen molar-refractivity contribution in [2.45, 2.75) is 25.4 Å². The zero-order chi connectivity index (χ0) is 12.1. The Labute approximate surface area is 107 Å². The normalized spacial score (nSPS) is 18.9. The number of methoxy groups -OCH3 is 1. The van der Waals surface area contributed by atoms with E-state index < -0.39 is 0 Å². The summed E-state index contributed by atoms with van der Waals surface area (Å²) in [6.07, 6.45) is 3.80. The molecule has 1 N–H and O–H groups in total. The van der Waals surface area contributed by atoms with E-state index in [0.29, 0.717) is 0 Å². The maximum absolute atomic E-state index is 5.71. The van der Waals surface area contributed by atoms with Crippen molar-refractivity contribution < 1.29 is 4.74 Å². The van der Waals surface area contributed by atoms with Crippen LogP contribution in [0.25, 0.3) is 0 Å². The summed E-state index contributed by atoms with van der Waals surface area (Å²) in [6.45, 7) is 2.79. The standard InChI is InChI=1S/C12H19N3OS/c1-10-7-11(15-9-14-10)13-8-12(16-2)3-5-17-6-4-12/h7,9H,3-6,8H2,1-2H3,(H,13,14,15). The molecule has 0 bridgehead atoms. The van der Waals surface area contributed by atoms with Crippen molar-refractivity contribution in [3.05, 3.63) is 18.1 Å². The highest BCUT2D eigenvalue weighted by molar-refractivity contribution is 7.99. The van der Waals surface area contributed by atoms with Gasteiger partial charge in [0.15, 0.2) is 0 Å². The highest BCUT2D eigenvalue weighted by atomic mass is 32.2. The van der Waals surface area contributed by atoms with Crippen LogP contribution >= 0.6 is 11.8 Å². The van der Waals surface area contributed by atoms with Gasteiger partial charge in [-0.1, -0.05) is 0 Å². The summed E-state index contributed by atoms with van der Waals surface area (Å²) in [5.41, 5.74) is 0.956. The summed E-state index contributed by atoms with van der Waals surface area (Å²) in [7, 11) is 1.81. The van der Waals surface area contributed by atoms with Gasteiger partial charge in [-0.2, -0.15) is 11.8 Å². The smallest absolute Gasteiger partial charge is 0.129 e. The number of aromatic nitrogens is 2. The molecule has 0 saturated carbocycles. The molecule has 0 spiro atoms. The average molecular weight is 253 g/mol. The number of rotatable bonds is 4. The second-order valence-electron chi connectivity index (χ2n) is 4.40. The molecule has 1 saturated heterocycles. The van der Waals surface area contributed by atoms with Crippen molar-refractivity contribution in [1.82, 2.24) is 9.97 Å². The number of ether oxygens (including phenoxy) is 1. The summed E-state index contributed by atoms with van der Waals surface area (Å²) in [6, 6.07) is 1.96. The molecular weight excluding hydrogens is 234 g/mol. The Hall–Kier alpha value is -0.810. The molecule has 0 atom stereocenters. The average Bonchev–Trinajstić information content (AvgIpc) is 2.38. The summed E-state index contributed by atoms with van der Waals surface area (Å²) in [5, 5.41) is 3.36. The molecule has 1 aliphatic rings. The molecule has 2 rings (SSSR count). The third kappa shape index (κ3) is 3.33. The summed E-state index contributed by atoms with van der Waals surface area (Å²) < 4.78 is 5.71. The van der Waals surface area contributed by atoms with E-state index in [-0.39, 0.29) is 5.60 Å². The van der Waals surface area contributed by atoms with Crippen molar-refractivity contribution in [1.29, 1.82) is 0 Å². The summed E-state index contributed by atoms with van der Waals surface area (Å²) >= 11 is 2.00. The molecule has 0 aliphatic carbocycles. The molecule has 0 amide bonds. The van der Waals surface area contributed by atoms with Gasteiger partial charge in [-0.3, -0.25) is 0 Å². The van der Waals surface area contributed by atoms with Crippen LogP contribution in [0.1, 0.15) is 18.5 Å². The first-order chi connectivity index (χ1) is 8.24. The SMILES string of the molecule is COC1(CNc2cc(C)ncn2)CCSCC1. The van der Waals surface area contributed by atoms with E-state index in [1.807, 2.05) is 31.9 Å². The van der Waals surface area contributed by atoms with E-state index in [9.17, 15) is 0 Å². The maximum atomic E-state index is 5.71. The number of anilines is 1. The minimum atomic E-state index is -0.0237. The number of thioether (sulfide) groups is 1. The number of aryl methyl sites for hydroxylation is 1. The molecule has 0 aromatic carbocycles. The molecule has 0 radical (unpaired) electrons. The fraction of sp³-hybridized carbons (Fsp3) is 0.667. The minimum Gasteiger partial charge on any atom is -0.376 e. The number of nitrogens with one attached hydrogen (secondary N) is 1. The zero-order valence-electron chi connectivity index (χ0n) is 10.4. The van der Waals surface area contributed by atoms with Crippen LogP contribution < -0.4 is 5.32 Å². The van der Waals surface area contributed by atoms with Gasteiger partial charge < -0.3 is 10.1 Å². The second kappa shape index (κ2) is 5.69. The van der Waals surface area contributed by atoms with Gasteiger partial charge >= 0.3 is 0 Å². The van der Waals surface area contributed by atoms with Crippen LogP contribution in [0.4, 0.5) is 5.82 Å². The number of hydrogen-bond donors (Lipinski definition) is 1. The molecule has 1 aliphatic heterocycles. The third-order valence-electron chi connectivity index (χ3n) is 3.23. The fourth-order valence-corrected chi connectivity index (χ4v) is 3.24. The first kappa shape index (κ1) is 12.6. The van der Waals surface area contributed by atoms with Crippen LogP contribution in [0.2, 0.25) is 0 Å². The zero-order valence-corrected chi connectivity index (χ0v) is 11.2. The lowest BCUT2D eigenvalue weighted by Gasteiger charge is -2.35. The van der Waals surface area contributed by atoms with Gasteiger partial charge in [-0.25, -0.2) is 9.97 Å². The van der Waals surface area contributed by atoms with Crippen molar-refractivity contribution >= 4 is 17.6 Å². The Morgan fingerprint density at radius 1 is 1.41 bits per heavy atom. The Balaban J connectivity index is 1.95. The van der Waals surface area contributed by atoms with E-state index >= 15 is 0 Å². The van der Waals surface area contributed by atoms with Gasteiger partial charge in [0.25, 0.3) is 0 Å². The first-order valence-electron chi connectivity index (χ1n) is 5.89. The van der Waals surface area contributed by atoms with Crippen LogP contribution in [-0.2, 0) is 4.74 Å². The first-order valence-corrected chi connectivity index (χ1v) is 7.05. The van der Waals surface area contributed by atoms with E-state index in [1.165, 1.54) is 11.5 Å². The summed E-state index contributed by atoms with van der Waals surface area (Å²) in [5.74, 6) is 3.24. The van der Waals surface area contributed by atoms with Crippen molar-refractivity contribution in [2.75, 3.05) is 30.5 Å². The Morgan fingerprint density at radius 2 is 2.18 bits per heavy atom. The highest BCUT2D eigenvalue weighted by Crippen LogP contribution is 2.30. The highest BCUT2D eigenvalue weighted by Gasteiger charge is 2.31. The van der Waals surface area contributed by atoms with E-state index in [1.54, 1.807) is 6.33 Å². The predicted octanol–water partition coefficient (Wildman–Crippen LogP) is 2.11. The van der Waals surface area contributed by atoms with Crippen LogP contribution in [0, 0.1) is 6.92 Å². The Bertz CT molecular complexity index is 367. The molecular formula is C12H19N3OS. The molecule has 1 fully saturated rings. The monoisotopic (exact) mass is 253 g/mol. The predicted molar refractivity (Wildman–Crippen MR) is 71.6 cm³/mol. The third-order valence-corrected chi connectivity index (χ3v) is 4.22. The largest absolute Gasteiger partial charge is 0.376 e. The topological polar surface area (TPSA) is 47.0 Å². The van der Waals surface area contributed by atoms with Crippen LogP contribution in [-0.4, -0.2) is 40.7 Å². The van der Waals surface area contributed by atoms with Crippen molar-refractivity contribution in [3.8, 4) is 0 Å². The van der Waals surface area contributed by atoms with Crippen LogP contribution in [0.15, 0.2) is 12.4 Å². The maximum Gasteiger partial charge on any atom is 0.129 e. The lowest BCUT2D eigenvalue weighted by atomic mass is 9.96. The van der Waals surface area contributed by atoms with Gasteiger partial charge in [-0.15, -0.1) is 0 Å².